The molecule has 1 aliphatic heterocycles. The molecule has 0 saturated carbocycles. The molecule has 1 saturated heterocycles. The van der Waals surface area contributed by atoms with Crippen LogP contribution in [0.4, 0.5) is 0 Å². The molecule has 0 aliphatic carbocycles. The van der Waals surface area contributed by atoms with Crippen LogP contribution in [-0.4, -0.2) is 31.9 Å². The number of carbonyl (C=O) groups is 1. The lowest BCUT2D eigenvalue weighted by atomic mass is 9.83. The van der Waals surface area contributed by atoms with Crippen molar-refractivity contribution in [2.45, 2.75) is 24.9 Å². The van der Waals surface area contributed by atoms with Crippen LogP contribution in [0, 0.1) is 6.92 Å². The molecule has 2 aromatic carbocycles. The van der Waals surface area contributed by atoms with Crippen molar-refractivity contribution < 1.29 is 24.1 Å². The van der Waals surface area contributed by atoms with Gasteiger partial charge < -0.3 is 19.3 Å². The molecule has 0 bridgehead atoms. The summed E-state index contributed by atoms with van der Waals surface area (Å²) in [5.41, 5.74) is 1.12. The van der Waals surface area contributed by atoms with Crippen LogP contribution >= 0.6 is 0 Å². The number of aliphatic carboxylic acids is 1. The second-order valence-electron chi connectivity index (χ2n) is 6.32. The van der Waals surface area contributed by atoms with Gasteiger partial charge in [-0.15, -0.1) is 0 Å². The van der Waals surface area contributed by atoms with Gasteiger partial charge in [0.15, 0.2) is 5.60 Å². The highest BCUT2D eigenvalue weighted by Crippen LogP contribution is 2.47. The van der Waals surface area contributed by atoms with Gasteiger partial charge in [0.05, 0.1) is 20.8 Å². The minimum absolute atomic E-state index is 0.0311. The Hall–Kier alpha value is -2.53. The molecule has 1 fully saturated rings. The molecule has 0 radical (unpaired) electrons. The quantitative estimate of drug-likeness (QED) is 0.901. The third kappa shape index (κ3) is 3.07. The number of carboxylic acid groups (broad SMARTS) is 1. The van der Waals surface area contributed by atoms with Crippen LogP contribution in [0.2, 0.25) is 0 Å². The van der Waals surface area contributed by atoms with Gasteiger partial charge in [-0.05, 0) is 36.8 Å². The number of methoxy groups -OCH3 is 2. The van der Waals surface area contributed by atoms with Crippen molar-refractivity contribution in [3.8, 4) is 11.5 Å². The lowest BCUT2D eigenvalue weighted by molar-refractivity contribution is -0.161. The lowest BCUT2D eigenvalue weighted by Crippen LogP contribution is -2.35. The first-order valence-electron chi connectivity index (χ1n) is 8.16. The van der Waals surface area contributed by atoms with Crippen LogP contribution < -0.4 is 9.47 Å². The fraction of sp³-hybridized carbons (Fsp3) is 0.350. The van der Waals surface area contributed by atoms with Crippen LogP contribution in [-0.2, 0) is 15.1 Å². The Kier molecular flexibility index (Phi) is 4.68. The average Bonchev–Trinajstić information content (AvgIpc) is 3.08. The Morgan fingerprint density at radius 3 is 2.68 bits per heavy atom. The topological polar surface area (TPSA) is 65.0 Å². The Balaban J connectivity index is 2.01. The number of hydrogen-bond donors (Lipinski definition) is 1. The van der Waals surface area contributed by atoms with E-state index in [0.717, 1.165) is 16.9 Å². The summed E-state index contributed by atoms with van der Waals surface area (Å²) >= 11 is 0. The molecule has 5 heteroatoms. The minimum atomic E-state index is -1.41. The summed E-state index contributed by atoms with van der Waals surface area (Å²) in [6.07, 6.45) is 0.343. The van der Waals surface area contributed by atoms with Crippen LogP contribution in [0.1, 0.15) is 29.0 Å². The molecule has 5 nitrogen and oxygen atoms in total. The van der Waals surface area contributed by atoms with Crippen molar-refractivity contribution in [2.75, 3.05) is 20.8 Å². The number of carboxylic acids is 1. The van der Waals surface area contributed by atoms with Crippen molar-refractivity contribution in [1.82, 2.24) is 0 Å². The molecule has 2 aromatic rings. The molecule has 2 atom stereocenters. The standard InChI is InChI=1S/C20H22O5/c1-13-7-8-18(24-3)17(9-13)20(19(21)22)11-15(12-25-20)14-5-4-6-16(10-14)23-2/h4-10,15H,11-12H2,1-3H3,(H,21,22)/t15-,20-/m1/s1. The van der Waals surface area contributed by atoms with E-state index in [0.29, 0.717) is 24.3 Å². The molecule has 1 aliphatic rings. The summed E-state index contributed by atoms with van der Waals surface area (Å²) in [6, 6.07) is 13.2. The van der Waals surface area contributed by atoms with E-state index in [9.17, 15) is 9.90 Å². The van der Waals surface area contributed by atoms with E-state index in [-0.39, 0.29) is 5.92 Å². The summed E-state index contributed by atoms with van der Waals surface area (Å²) in [5, 5.41) is 9.99. The fourth-order valence-electron chi connectivity index (χ4n) is 3.41. The van der Waals surface area contributed by atoms with Crippen molar-refractivity contribution in [3.05, 3.63) is 59.2 Å². The monoisotopic (exact) mass is 342 g/mol. The minimum Gasteiger partial charge on any atom is -0.497 e. The number of rotatable bonds is 5. The molecule has 25 heavy (non-hydrogen) atoms. The number of ether oxygens (including phenoxy) is 3. The molecule has 0 aromatic heterocycles. The first kappa shape index (κ1) is 17.3. The normalized spacial score (nSPS) is 22.6. The molecule has 0 unspecified atom stereocenters. The van der Waals surface area contributed by atoms with Crippen molar-refractivity contribution in [2.24, 2.45) is 0 Å². The molecule has 1 heterocycles. The number of benzene rings is 2. The molecule has 0 spiro atoms. The zero-order valence-corrected chi connectivity index (χ0v) is 14.6. The molecule has 132 valence electrons. The van der Waals surface area contributed by atoms with Gasteiger partial charge in [0.25, 0.3) is 0 Å². The molecular formula is C20H22O5. The Morgan fingerprint density at radius 1 is 1.20 bits per heavy atom. The number of hydrogen-bond acceptors (Lipinski definition) is 4. The first-order chi connectivity index (χ1) is 12.0. The SMILES string of the molecule is COc1cccc([C@H]2CO[C@@](C(=O)O)(c3cc(C)ccc3OC)C2)c1. The molecule has 3 rings (SSSR count). The maximum Gasteiger partial charge on any atom is 0.340 e. The highest BCUT2D eigenvalue weighted by atomic mass is 16.5. The summed E-state index contributed by atoms with van der Waals surface area (Å²) in [5.74, 6) is 0.246. The molecule has 1 N–H and O–H groups in total. The third-order valence-corrected chi connectivity index (χ3v) is 4.77. The Morgan fingerprint density at radius 2 is 2.00 bits per heavy atom. The third-order valence-electron chi connectivity index (χ3n) is 4.77. The van der Waals surface area contributed by atoms with Crippen molar-refractivity contribution >= 4 is 5.97 Å². The summed E-state index contributed by atoms with van der Waals surface area (Å²) in [7, 11) is 3.15. The lowest BCUT2D eigenvalue weighted by Gasteiger charge is -2.26. The van der Waals surface area contributed by atoms with Crippen LogP contribution in [0.5, 0.6) is 11.5 Å². The second kappa shape index (κ2) is 6.76. The van der Waals surface area contributed by atoms with E-state index in [1.165, 1.54) is 7.11 Å². The van der Waals surface area contributed by atoms with E-state index in [1.54, 1.807) is 13.2 Å². The van der Waals surface area contributed by atoms with Crippen LogP contribution in [0.25, 0.3) is 0 Å². The number of aryl methyl sites for hydroxylation is 1. The highest BCUT2D eigenvalue weighted by molar-refractivity contribution is 5.81. The van der Waals surface area contributed by atoms with Gasteiger partial charge in [-0.3, -0.25) is 0 Å². The smallest absolute Gasteiger partial charge is 0.340 e. The largest absolute Gasteiger partial charge is 0.497 e. The van der Waals surface area contributed by atoms with Crippen molar-refractivity contribution in [3.63, 3.8) is 0 Å². The van der Waals surface area contributed by atoms with Gasteiger partial charge in [-0.1, -0.05) is 23.8 Å². The zero-order chi connectivity index (χ0) is 18.0. The predicted molar refractivity (Wildman–Crippen MR) is 93.3 cm³/mol. The van der Waals surface area contributed by atoms with Crippen molar-refractivity contribution in [1.29, 1.82) is 0 Å². The Bertz CT molecular complexity index is 785. The van der Waals surface area contributed by atoms with Gasteiger partial charge in [0.1, 0.15) is 11.5 Å². The maximum absolute atomic E-state index is 12.2. The first-order valence-corrected chi connectivity index (χ1v) is 8.16. The van der Waals surface area contributed by atoms with Gasteiger partial charge in [-0.2, -0.15) is 0 Å². The molecular weight excluding hydrogens is 320 g/mol. The highest BCUT2D eigenvalue weighted by Gasteiger charge is 2.50. The van der Waals surface area contributed by atoms with Gasteiger partial charge >= 0.3 is 5.97 Å². The Labute approximate surface area is 147 Å². The van der Waals surface area contributed by atoms with E-state index in [1.807, 2.05) is 43.3 Å². The maximum atomic E-state index is 12.2. The average molecular weight is 342 g/mol. The van der Waals surface area contributed by atoms with Crippen LogP contribution in [0.15, 0.2) is 42.5 Å². The van der Waals surface area contributed by atoms with E-state index < -0.39 is 11.6 Å². The van der Waals surface area contributed by atoms with Crippen LogP contribution in [0.3, 0.4) is 0 Å². The fourth-order valence-corrected chi connectivity index (χ4v) is 3.41. The van der Waals surface area contributed by atoms with Gasteiger partial charge in [-0.25, -0.2) is 4.79 Å². The summed E-state index contributed by atoms with van der Waals surface area (Å²) in [6.45, 7) is 2.25. The molecule has 0 amide bonds. The van der Waals surface area contributed by atoms with E-state index in [2.05, 4.69) is 0 Å². The van der Waals surface area contributed by atoms with E-state index in [4.69, 9.17) is 14.2 Å². The second-order valence-corrected chi connectivity index (χ2v) is 6.32. The zero-order valence-electron chi connectivity index (χ0n) is 14.6. The van der Waals surface area contributed by atoms with E-state index >= 15 is 0 Å². The predicted octanol–water partition coefficient (Wildman–Crippen LogP) is 3.50. The van der Waals surface area contributed by atoms with Gasteiger partial charge in [0.2, 0.25) is 0 Å². The van der Waals surface area contributed by atoms with Gasteiger partial charge in [0, 0.05) is 17.9 Å². The summed E-state index contributed by atoms with van der Waals surface area (Å²) in [4.78, 5) is 12.2. The summed E-state index contributed by atoms with van der Waals surface area (Å²) < 4.78 is 16.6.